The van der Waals surface area contributed by atoms with Crippen LogP contribution < -0.4 is 10.1 Å². The van der Waals surface area contributed by atoms with E-state index in [4.69, 9.17) is 15.0 Å². The highest BCUT2D eigenvalue weighted by Crippen LogP contribution is 2.56. The molecule has 0 radical (unpaired) electrons. The van der Waals surface area contributed by atoms with Gasteiger partial charge in [-0.2, -0.15) is 0 Å². The molecule has 1 aliphatic carbocycles. The van der Waals surface area contributed by atoms with Crippen molar-refractivity contribution in [2.45, 2.75) is 31.0 Å². The number of carbonyl (C=O) groups excluding carboxylic acids is 2. The molecule has 3 heterocycles. The van der Waals surface area contributed by atoms with Crippen molar-refractivity contribution in [3.05, 3.63) is 93.5 Å². The number of carbonyl (C=O) groups is 2. The van der Waals surface area contributed by atoms with Crippen molar-refractivity contribution < 1.29 is 19.1 Å². The number of nitrogens with zero attached hydrogens (tertiary/aromatic N) is 4. The predicted octanol–water partition coefficient (Wildman–Crippen LogP) is 5.26. The van der Waals surface area contributed by atoms with E-state index in [2.05, 4.69) is 15.3 Å². The monoisotopic (exact) mass is 469 g/mol. The molecule has 2 aromatic carbocycles. The van der Waals surface area contributed by atoms with E-state index in [9.17, 15) is 9.59 Å². The zero-order valence-corrected chi connectivity index (χ0v) is 18.9. The van der Waals surface area contributed by atoms with Gasteiger partial charge in [-0.15, -0.1) is 0 Å². The summed E-state index contributed by atoms with van der Waals surface area (Å²) in [6, 6.07) is 12.7. The molecule has 0 bridgehead atoms. The Morgan fingerprint density at radius 3 is 2.80 bits per heavy atom. The summed E-state index contributed by atoms with van der Waals surface area (Å²) in [4.78, 5) is 30.4. The highest BCUT2D eigenvalue weighted by atomic mass is 16.6. The molecule has 0 saturated carbocycles. The Balaban J connectivity index is 1.44. The van der Waals surface area contributed by atoms with Crippen LogP contribution in [0, 0.1) is 5.92 Å². The Bertz CT molecular complexity index is 1340. The Morgan fingerprint density at radius 1 is 1.14 bits per heavy atom. The molecule has 3 aliphatic heterocycles. The number of amides is 2. The number of esters is 1. The number of anilines is 1. The van der Waals surface area contributed by atoms with Crippen molar-refractivity contribution in [2.75, 3.05) is 18.4 Å². The first-order chi connectivity index (χ1) is 17.1. The lowest BCUT2D eigenvalue weighted by molar-refractivity contribution is -0.0417. The van der Waals surface area contributed by atoms with Crippen LogP contribution in [0.5, 0.6) is 5.75 Å². The molecule has 9 heteroatoms. The lowest BCUT2D eigenvalue weighted by atomic mass is 9.70. The van der Waals surface area contributed by atoms with Gasteiger partial charge in [-0.3, -0.25) is 0 Å². The lowest BCUT2D eigenvalue weighted by Crippen LogP contribution is -2.48. The molecule has 2 amide bonds. The van der Waals surface area contributed by atoms with Gasteiger partial charge in [0.15, 0.2) is 5.60 Å². The largest absolute Gasteiger partial charge is 0.485 e. The van der Waals surface area contributed by atoms with Crippen molar-refractivity contribution in [2.24, 2.45) is 11.0 Å². The normalized spacial score (nSPS) is 25.9. The minimum Gasteiger partial charge on any atom is -0.485 e. The van der Waals surface area contributed by atoms with Crippen LogP contribution in [0.2, 0.25) is 0 Å². The van der Waals surface area contributed by atoms with Gasteiger partial charge in [-0.25, -0.2) is 9.59 Å². The van der Waals surface area contributed by atoms with Gasteiger partial charge < -0.3 is 19.7 Å². The highest BCUT2D eigenvalue weighted by molar-refractivity contribution is 5.96. The zero-order valence-electron chi connectivity index (χ0n) is 18.9. The molecule has 1 N–H and O–H groups in total. The summed E-state index contributed by atoms with van der Waals surface area (Å²) in [5, 5.41) is 6.69. The first-order valence-corrected chi connectivity index (χ1v) is 11.8. The summed E-state index contributed by atoms with van der Waals surface area (Å²) in [7, 11) is 0. The number of urea groups is 1. The summed E-state index contributed by atoms with van der Waals surface area (Å²) >= 11 is 0. The van der Waals surface area contributed by atoms with Crippen molar-refractivity contribution in [1.29, 1.82) is 0 Å². The third-order valence-corrected chi connectivity index (χ3v) is 7.13. The number of likely N-dealkylation sites (tertiary alicyclic amines) is 1. The van der Waals surface area contributed by atoms with Crippen LogP contribution >= 0.6 is 0 Å². The summed E-state index contributed by atoms with van der Waals surface area (Å²) in [6.45, 7) is 1.48. The number of rotatable bonds is 2. The fourth-order valence-electron chi connectivity index (χ4n) is 5.55. The van der Waals surface area contributed by atoms with E-state index in [0.717, 1.165) is 37.9 Å². The van der Waals surface area contributed by atoms with Crippen LogP contribution in [0.3, 0.4) is 0 Å². The first-order valence-electron chi connectivity index (χ1n) is 11.8. The van der Waals surface area contributed by atoms with Gasteiger partial charge in [-0.05, 0) is 49.1 Å². The molecule has 0 aromatic heterocycles. The minimum atomic E-state index is -1.10. The van der Waals surface area contributed by atoms with E-state index >= 15 is 0 Å². The number of ether oxygens (including phenoxy) is 2. The average Bonchev–Trinajstić information content (AvgIpc) is 3.17. The van der Waals surface area contributed by atoms with Gasteiger partial charge >= 0.3 is 12.0 Å². The van der Waals surface area contributed by atoms with Gasteiger partial charge in [0.2, 0.25) is 0 Å². The molecule has 3 unspecified atom stereocenters. The maximum Gasteiger partial charge on any atom is 0.339 e. The molecule has 1 spiro atoms. The molecular formula is C26H23N5O4. The van der Waals surface area contributed by atoms with Crippen molar-refractivity contribution in [1.82, 2.24) is 4.90 Å². The number of piperidine rings is 1. The van der Waals surface area contributed by atoms with Crippen LogP contribution in [0.15, 0.2) is 71.5 Å². The summed E-state index contributed by atoms with van der Waals surface area (Å²) in [6.07, 6.45) is 7.94. The lowest BCUT2D eigenvalue weighted by Gasteiger charge is -2.45. The molecular weight excluding hydrogens is 446 g/mol. The molecule has 1 fully saturated rings. The number of allylic oxidation sites excluding steroid dienone is 1. The Labute approximate surface area is 201 Å². The van der Waals surface area contributed by atoms with E-state index in [1.54, 1.807) is 24.3 Å². The Kier molecular flexibility index (Phi) is 5.00. The quantitative estimate of drug-likeness (QED) is 0.279. The second kappa shape index (κ2) is 8.21. The van der Waals surface area contributed by atoms with Gasteiger partial charge in [0.05, 0.1) is 11.5 Å². The Morgan fingerprint density at radius 2 is 1.97 bits per heavy atom. The standard InChI is InChI=1S/C26H23N5O4/c27-30-29-17-9-11-21-23(15-17)34-22-14-16(28-25(33)31-12-4-1-5-13-31)8-10-20(22)26(21)19-7-3-2-6-18(19)24(32)35-26/h2-3,6-11,14-15,21,23H,1,4-5,12-13H2,(H,28,33). The molecule has 9 nitrogen and oxygen atoms in total. The van der Waals surface area contributed by atoms with E-state index in [-0.39, 0.29) is 11.9 Å². The molecule has 176 valence electrons. The first kappa shape index (κ1) is 21.3. The summed E-state index contributed by atoms with van der Waals surface area (Å²) in [5.74, 6) is -0.263. The minimum absolute atomic E-state index is 0.142. The van der Waals surface area contributed by atoms with E-state index in [0.29, 0.717) is 28.3 Å². The summed E-state index contributed by atoms with van der Waals surface area (Å²) < 4.78 is 12.5. The number of hydrogen-bond donors (Lipinski definition) is 1. The smallest absolute Gasteiger partial charge is 0.339 e. The zero-order chi connectivity index (χ0) is 24.0. The van der Waals surface area contributed by atoms with Crippen LogP contribution in [-0.2, 0) is 10.3 Å². The van der Waals surface area contributed by atoms with Gasteiger partial charge in [-0.1, -0.05) is 35.5 Å². The van der Waals surface area contributed by atoms with E-state index < -0.39 is 17.7 Å². The Hall–Kier alpha value is -4.23. The second-order valence-electron chi connectivity index (χ2n) is 9.11. The summed E-state index contributed by atoms with van der Waals surface area (Å²) in [5.41, 5.74) is 10.8. The van der Waals surface area contributed by atoms with Crippen LogP contribution in [0.25, 0.3) is 10.4 Å². The predicted molar refractivity (Wildman–Crippen MR) is 128 cm³/mol. The van der Waals surface area contributed by atoms with Crippen molar-refractivity contribution in [3.8, 4) is 5.75 Å². The van der Waals surface area contributed by atoms with Crippen LogP contribution in [-0.4, -0.2) is 36.1 Å². The maximum atomic E-state index is 12.9. The fourth-order valence-corrected chi connectivity index (χ4v) is 5.55. The third-order valence-electron chi connectivity index (χ3n) is 7.13. The highest BCUT2D eigenvalue weighted by Gasteiger charge is 2.58. The maximum absolute atomic E-state index is 12.9. The van der Waals surface area contributed by atoms with Crippen LogP contribution in [0.1, 0.15) is 40.7 Å². The number of benzene rings is 2. The van der Waals surface area contributed by atoms with Crippen molar-refractivity contribution >= 4 is 17.7 Å². The average molecular weight is 470 g/mol. The molecule has 3 atom stereocenters. The van der Waals surface area contributed by atoms with Crippen molar-refractivity contribution in [3.63, 3.8) is 0 Å². The second-order valence-corrected chi connectivity index (χ2v) is 9.11. The van der Waals surface area contributed by atoms with Gasteiger partial charge in [0, 0.05) is 46.6 Å². The number of fused-ring (bicyclic) bond motifs is 6. The molecule has 4 aliphatic rings. The molecule has 6 rings (SSSR count). The topological polar surface area (TPSA) is 117 Å². The van der Waals surface area contributed by atoms with Gasteiger partial charge in [0.25, 0.3) is 0 Å². The molecule has 2 aromatic rings. The number of nitrogens with one attached hydrogen (secondary N) is 1. The van der Waals surface area contributed by atoms with Crippen LogP contribution in [0.4, 0.5) is 10.5 Å². The fraction of sp³-hybridized carbons (Fsp3) is 0.308. The van der Waals surface area contributed by atoms with E-state index in [1.165, 1.54) is 0 Å². The number of azide groups is 1. The SMILES string of the molecule is [N-]=[N+]=NC1=CC2Oc3cc(NC(=O)N4CCCCC4)ccc3C3(OC(=O)c4ccccc43)C2C=C1. The molecule has 35 heavy (non-hydrogen) atoms. The van der Waals surface area contributed by atoms with Gasteiger partial charge in [0.1, 0.15) is 11.9 Å². The molecule has 1 saturated heterocycles. The van der Waals surface area contributed by atoms with E-state index in [1.807, 2.05) is 41.3 Å². The number of hydrogen-bond acceptors (Lipinski definition) is 5. The third kappa shape index (κ3) is 3.35.